The van der Waals surface area contributed by atoms with Crippen LogP contribution in [0.4, 0.5) is 0 Å². The maximum absolute atomic E-state index is 9.21. The van der Waals surface area contributed by atoms with E-state index in [1.807, 2.05) is 19.0 Å². The van der Waals surface area contributed by atoms with Gasteiger partial charge in [0.25, 0.3) is 0 Å². The van der Waals surface area contributed by atoms with E-state index in [9.17, 15) is 5.11 Å². The second-order valence-corrected chi connectivity index (χ2v) is 2.64. The van der Waals surface area contributed by atoms with Gasteiger partial charge in [-0.2, -0.15) is 0 Å². The summed E-state index contributed by atoms with van der Waals surface area (Å²) >= 11 is 0. The number of aliphatic hydroxyl groups is 1. The summed E-state index contributed by atoms with van der Waals surface area (Å²) in [5.41, 5.74) is 0. The molecule has 3 nitrogen and oxygen atoms in total. The van der Waals surface area contributed by atoms with Crippen LogP contribution in [0.5, 0.6) is 0 Å². The van der Waals surface area contributed by atoms with Crippen molar-refractivity contribution in [1.29, 1.82) is 0 Å². The number of hydrogen-bond donors (Lipinski definition) is 1. The Morgan fingerprint density at radius 2 is 2.27 bits per heavy atom. The first-order valence-electron chi connectivity index (χ1n) is 3.50. The minimum absolute atomic E-state index is 0.268. The van der Waals surface area contributed by atoms with Crippen molar-refractivity contribution >= 4 is 0 Å². The van der Waals surface area contributed by atoms with Crippen molar-refractivity contribution < 1.29 is 9.84 Å². The van der Waals surface area contributed by atoms with Crippen LogP contribution in [0.1, 0.15) is 0 Å². The van der Waals surface area contributed by atoms with Gasteiger partial charge in [0.1, 0.15) is 6.61 Å². The molecule has 0 aromatic rings. The third-order valence-corrected chi connectivity index (χ3v) is 1.07. The van der Waals surface area contributed by atoms with Crippen LogP contribution in [-0.2, 0) is 4.74 Å². The van der Waals surface area contributed by atoms with Gasteiger partial charge in [-0.05, 0) is 14.1 Å². The van der Waals surface area contributed by atoms with E-state index in [0.29, 0.717) is 13.2 Å². The molecule has 0 rings (SSSR count). The number of ether oxygens (including phenoxy) is 1. The van der Waals surface area contributed by atoms with E-state index in [4.69, 9.17) is 11.2 Å². The molecule has 0 spiro atoms. The molecule has 3 heteroatoms. The Bertz CT molecular complexity index is 129. The summed E-state index contributed by atoms with van der Waals surface area (Å²) in [7, 11) is 3.79. The lowest BCUT2D eigenvalue weighted by Crippen LogP contribution is -2.29. The molecular weight excluding hydrogens is 142 g/mol. The van der Waals surface area contributed by atoms with E-state index in [2.05, 4.69) is 5.92 Å². The first-order valence-corrected chi connectivity index (χ1v) is 3.50. The topological polar surface area (TPSA) is 32.7 Å². The van der Waals surface area contributed by atoms with Crippen LogP contribution in [0.3, 0.4) is 0 Å². The van der Waals surface area contributed by atoms with Gasteiger partial charge in [-0.3, -0.25) is 0 Å². The highest BCUT2D eigenvalue weighted by Crippen LogP contribution is 1.87. The first-order chi connectivity index (χ1) is 5.16. The number of hydrogen-bond acceptors (Lipinski definition) is 3. The Morgan fingerprint density at radius 3 is 2.73 bits per heavy atom. The minimum atomic E-state index is -0.446. The van der Waals surface area contributed by atoms with Crippen molar-refractivity contribution in [3.63, 3.8) is 0 Å². The zero-order chi connectivity index (χ0) is 8.69. The summed E-state index contributed by atoms with van der Waals surface area (Å²) in [4.78, 5) is 1.89. The molecule has 0 fully saturated rings. The van der Waals surface area contributed by atoms with Gasteiger partial charge in [-0.1, -0.05) is 5.92 Å². The van der Waals surface area contributed by atoms with Gasteiger partial charge in [-0.15, -0.1) is 6.42 Å². The number of likely N-dealkylation sites (N-methyl/N-ethyl adjacent to an activating group) is 1. The van der Waals surface area contributed by atoms with Crippen LogP contribution in [0.15, 0.2) is 0 Å². The molecule has 0 saturated carbocycles. The largest absolute Gasteiger partial charge is 0.389 e. The lowest BCUT2D eigenvalue weighted by atomic mass is 10.3. The third-order valence-electron chi connectivity index (χ3n) is 1.07. The van der Waals surface area contributed by atoms with Crippen molar-refractivity contribution in [3.05, 3.63) is 0 Å². The zero-order valence-electron chi connectivity index (χ0n) is 7.08. The Morgan fingerprint density at radius 1 is 1.64 bits per heavy atom. The molecule has 1 atom stereocenters. The van der Waals surface area contributed by atoms with E-state index in [1.54, 1.807) is 0 Å². The van der Waals surface area contributed by atoms with Crippen LogP contribution < -0.4 is 0 Å². The zero-order valence-corrected chi connectivity index (χ0v) is 7.08. The second-order valence-electron chi connectivity index (χ2n) is 2.64. The molecule has 0 bridgehead atoms. The predicted octanol–water partition coefficient (Wildman–Crippen LogP) is -0.441. The fourth-order valence-corrected chi connectivity index (χ4v) is 0.728. The Kier molecular flexibility index (Phi) is 5.86. The van der Waals surface area contributed by atoms with Crippen molar-refractivity contribution in [3.8, 4) is 12.3 Å². The second kappa shape index (κ2) is 6.17. The molecule has 0 aliphatic rings. The molecule has 1 unspecified atom stereocenters. The predicted molar refractivity (Wildman–Crippen MR) is 44.2 cm³/mol. The van der Waals surface area contributed by atoms with Gasteiger partial charge in [0.15, 0.2) is 0 Å². The van der Waals surface area contributed by atoms with Crippen LogP contribution in [-0.4, -0.2) is 50.0 Å². The quantitative estimate of drug-likeness (QED) is 0.434. The summed E-state index contributed by atoms with van der Waals surface area (Å²) in [6.45, 7) is 1.18. The monoisotopic (exact) mass is 157 g/mol. The smallest absolute Gasteiger partial charge is 0.107 e. The Balaban J connectivity index is 3.24. The molecule has 0 amide bonds. The molecule has 0 aliphatic carbocycles. The fraction of sp³-hybridized carbons (Fsp3) is 0.750. The summed E-state index contributed by atoms with van der Waals surface area (Å²) in [6.07, 6.45) is 4.50. The van der Waals surface area contributed by atoms with E-state index >= 15 is 0 Å². The van der Waals surface area contributed by atoms with Crippen molar-refractivity contribution in [2.45, 2.75) is 6.10 Å². The van der Waals surface area contributed by atoms with Crippen LogP contribution in [0, 0.1) is 12.3 Å². The standard InChI is InChI=1S/C8H15NO2/c1-4-5-11-7-8(10)6-9(2)3/h1,8,10H,5-7H2,2-3H3. The van der Waals surface area contributed by atoms with Crippen LogP contribution >= 0.6 is 0 Å². The van der Waals surface area contributed by atoms with Gasteiger partial charge >= 0.3 is 0 Å². The maximum Gasteiger partial charge on any atom is 0.107 e. The average Bonchev–Trinajstić information content (AvgIpc) is 1.86. The molecular formula is C8H15NO2. The first kappa shape index (κ1) is 10.4. The van der Waals surface area contributed by atoms with Crippen molar-refractivity contribution in [1.82, 2.24) is 4.90 Å². The van der Waals surface area contributed by atoms with Crippen molar-refractivity contribution in [2.75, 3.05) is 33.9 Å². The molecule has 11 heavy (non-hydrogen) atoms. The summed E-state index contributed by atoms with van der Waals surface area (Å²) in [5, 5.41) is 9.21. The van der Waals surface area contributed by atoms with E-state index in [1.165, 1.54) is 0 Å². The van der Waals surface area contributed by atoms with E-state index < -0.39 is 6.10 Å². The minimum Gasteiger partial charge on any atom is -0.389 e. The molecule has 1 N–H and O–H groups in total. The summed E-state index contributed by atoms with van der Waals surface area (Å²) < 4.78 is 4.93. The maximum atomic E-state index is 9.21. The fourth-order valence-electron chi connectivity index (χ4n) is 0.728. The molecule has 0 saturated heterocycles. The SMILES string of the molecule is C#CCOCC(O)CN(C)C. The molecule has 0 aromatic heterocycles. The molecule has 0 aromatic carbocycles. The van der Waals surface area contributed by atoms with Crippen molar-refractivity contribution in [2.24, 2.45) is 0 Å². The molecule has 64 valence electrons. The van der Waals surface area contributed by atoms with Gasteiger partial charge in [0.2, 0.25) is 0 Å². The third kappa shape index (κ3) is 7.34. The lowest BCUT2D eigenvalue weighted by molar-refractivity contribution is 0.0367. The van der Waals surface area contributed by atoms with Gasteiger partial charge in [-0.25, -0.2) is 0 Å². The highest BCUT2D eigenvalue weighted by molar-refractivity contribution is 4.83. The highest BCUT2D eigenvalue weighted by atomic mass is 16.5. The van der Waals surface area contributed by atoms with E-state index in [-0.39, 0.29) is 6.61 Å². The Hall–Kier alpha value is -0.560. The molecule has 0 heterocycles. The number of aliphatic hydroxyl groups excluding tert-OH is 1. The normalized spacial score (nSPS) is 13.0. The molecule has 0 radical (unpaired) electrons. The van der Waals surface area contributed by atoms with Crippen LogP contribution in [0.2, 0.25) is 0 Å². The lowest BCUT2D eigenvalue weighted by Gasteiger charge is -2.14. The number of rotatable bonds is 5. The van der Waals surface area contributed by atoms with Gasteiger partial charge in [0.05, 0.1) is 12.7 Å². The number of nitrogens with zero attached hydrogens (tertiary/aromatic N) is 1. The Labute approximate surface area is 68.0 Å². The summed E-state index contributed by atoms with van der Waals surface area (Å²) in [5.74, 6) is 2.33. The van der Waals surface area contributed by atoms with Gasteiger partial charge in [0, 0.05) is 6.54 Å². The molecule has 0 aliphatic heterocycles. The number of terminal acetylenes is 1. The highest BCUT2D eigenvalue weighted by Gasteiger charge is 2.03. The van der Waals surface area contributed by atoms with Crippen LogP contribution in [0.25, 0.3) is 0 Å². The summed E-state index contributed by atoms with van der Waals surface area (Å²) in [6, 6.07) is 0. The average molecular weight is 157 g/mol. The van der Waals surface area contributed by atoms with E-state index in [0.717, 1.165) is 0 Å². The van der Waals surface area contributed by atoms with Gasteiger partial charge < -0.3 is 14.7 Å².